The molecule has 1 saturated carbocycles. The molecule has 0 aromatic carbocycles. The first kappa shape index (κ1) is 16.2. The van der Waals surface area contributed by atoms with Crippen LogP contribution in [0.25, 0.3) is 0 Å². The van der Waals surface area contributed by atoms with Crippen molar-refractivity contribution in [3.63, 3.8) is 0 Å². The minimum atomic E-state index is -1.02. The van der Waals surface area contributed by atoms with E-state index in [1.165, 1.54) is 6.42 Å². The second kappa shape index (κ2) is 7.75. The largest absolute Gasteiger partial charge is 0.479 e. The molecular formula is C15H25NO5. The second-order valence-corrected chi connectivity index (χ2v) is 5.77. The smallest absolute Gasteiger partial charge is 0.334 e. The number of carbonyl (C=O) groups is 2. The van der Waals surface area contributed by atoms with Crippen LogP contribution in [0.4, 0.5) is 0 Å². The molecule has 2 rings (SSSR count). The van der Waals surface area contributed by atoms with Crippen molar-refractivity contribution in [2.75, 3.05) is 19.7 Å². The molecule has 1 heterocycles. The van der Waals surface area contributed by atoms with Crippen LogP contribution in [0.3, 0.4) is 0 Å². The lowest BCUT2D eigenvalue weighted by molar-refractivity contribution is -0.165. The summed E-state index contributed by atoms with van der Waals surface area (Å²) in [4.78, 5) is 25.1. The van der Waals surface area contributed by atoms with Crippen LogP contribution >= 0.6 is 0 Å². The monoisotopic (exact) mass is 299 g/mol. The van der Waals surface area contributed by atoms with Crippen molar-refractivity contribution in [3.8, 4) is 0 Å². The van der Waals surface area contributed by atoms with E-state index < -0.39 is 18.2 Å². The van der Waals surface area contributed by atoms with E-state index in [1.807, 2.05) is 6.92 Å². The molecule has 0 spiro atoms. The molecule has 0 radical (unpaired) electrons. The minimum absolute atomic E-state index is 0.0994. The van der Waals surface area contributed by atoms with Crippen LogP contribution in [0.1, 0.15) is 45.4 Å². The van der Waals surface area contributed by atoms with Gasteiger partial charge in [0.1, 0.15) is 6.10 Å². The van der Waals surface area contributed by atoms with Gasteiger partial charge in [-0.3, -0.25) is 4.79 Å². The Morgan fingerprint density at radius 2 is 2.05 bits per heavy atom. The minimum Gasteiger partial charge on any atom is -0.479 e. The average molecular weight is 299 g/mol. The highest BCUT2D eigenvalue weighted by Crippen LogP contribution is 2.23. The molecule has 0 aromatic heterocycles. The first-order chi connectivity index (χ1) is 10.1. The SMILES string of the molecule is CCC(OC1CCCCC1)C(=O)N1CCOC(C(=O)O)C1. The summed E-state index contributed by atoms with van der Waals surface area (Å²) in [5, 5.41) is 9.00. The summed E-state index contributed by atoms with van der Waals surface area (Å²) >= 11 is 0. The molecule has 1 amide bonds. The van der Waals surface area contributed by atoms with Gasteiger partial charge in [-0.15, -0.1) is 0 Å². The zero-order valence-electron chi connectivity index (χ0n) is 12.6. The lowest BCUT2D eigenvalue weighted by atomic mass is 9.97. The number of nitrogens with zero attached hydrogens (tertiary/aromatic N) is 1. The molecule has 0 bridgehead atoms. The van der Waals surface area contributed by atoms with Crippen LogP contribution in [0.15, 0.2) is 0 Å². The normalized spacial score (nSPS) is 25.6. The Labute approximate surface area is 125 Å². The highest BCUT2D eigenvalue weighted by atomic mass is 16.5. The summed E-state index contributed by atoms with van der Waals surface area (Å²) in [5.74, 6) is -1.12. The van der Waals surface area contributed by atoms with Crippen LogP contribution in [-0.4, -0.2) is 59.9 Å². The number of hydrogen-bond donors (Lipinski definition) is 1. The molecule has 2 atom stereocenters. The van der Waals surface area contributed by atoms with Crippen LogP contribution < -0.4 is 0 Å². The average Bonchev–Trinajstić information content (AvgIpc) is 2.53. The Balaban J connectivity index is 1.90. The number of carboxylic acids is 1. The standard InChI is InChI=1S/C15H25NO5/c1-2-12(21-11-6-4-3-5-7-11)14(17)16-8-9-20-13(10-16)15(18)19/h11-13H,2-10H2,1H3,(H,18,19). The van der Waals surface area contributed by atoms with Crippen LogP contribution in [0.2, 0.25) is 0 Å². The molecular weight excluding hydrogens is 274 g/mol. The molecule has 2 fully saturated rings. The van der Waals surface area contributed by atoms with E-state index in [4.69, 9.17) is 14.6 Å². The third-order valence-electron chi connectivity index (χ3n) is 4.21. The summed E-state index contributed by atoms with van der Waals surface area (Å²) in [5.41, 5.74) is 0. The fraction of sp³-hybridized carbons (Fsp3) is 0.867. The van der Waals surface area contributed by atoms with Crippen LogP contribution in [-0.2, 0) is 19.1 Å². The Bertz CT molecular complexity index is 367. The zero-order valence-corrected chi connectivity index (χ0v) is 12.6. The summed E-state index contributed by atoms with van der Waals surface area (Å²) in [6.45, 7) is 2.74. The molecule has 1 saturated heterocycles. The van der Waals surface area contributed by atoms with Gasteiger partial charge < -0.3 is 19.5 Å². The predicted octanol–water partition coefficient (Wildman–Crippen LogP) is 1.43. The molecule has 120 valence electrons. The lowest BCUT2D eigenvalue weighted by Gasteiger charge is -2.34. The topological polar surface area (TPSA) is 76.1 Å². The van der Waals surface area contributed by atoms with Crippen molar-refractivity contribution in [3.05, 3.63) is 0 Å². The van der Waals surface area contributed by atoms with Gasteiger partial charge in [0, 0.05) is 6.54 Å². The Morgan fingerprint density at radius 3 is 2.67 bits per heavy atom. The summed E-state index contributed by atoms with van der Waals surface area (Å²) < 4.78 is 11.1. The van der Waals surface area contributed by atoms with E-state index in [0.717, 1.165) is 25.7 Å². The third-order valence-corrected chi connectivity index (χ3v) is 4.21. The quantitative estimate of drug-likeness (QED) is 0.831. The number of rotatable bonds is 5. The van der Waals surface area contributed by atoms with Gasteiger partial charge in [-0.05, 0) is 19.3 Å². The first-order valence-corrected chi connectivity index (χ1v) is 7.90. The highest BCUT2D eigenvalue weighted by Gasteiger charge is 2.33. The van der Waals surface area contributed by atoms with Crippen molar-refractivity contribution in [2.45, 2.75) is 63.8 Å². The summed E-state index contributed by atoms with van der Waals surface area (Å²) in [7, 11) is 0. The van der Waals surface area contributed by atoms with E-state index >= 15 is 0 Å². The van der Waals surface area contributed by atoms with Gasteiger partial charge in [-0.2, -0.15) is 0 Å². The Hall–Kier alpha value is -1.14. The molecule has 1 aliphatic heterocycles. The number of carboxylic acid groups (broad SMARTS) is 1. The predicted molar refractivity (Wildman–Crippen MR) is 76.0 cm³/mol. The second-order valence-electron chi connectivity index (χ2n) is 5.77. The first-order valence-electron chi connectivity index (χ1n) is 7.90. The van der Waals surface area contributed by atoms with Crippen molar-refractivity contribution < 1.29 is 24.2 Å². The Morgan fingerprint density at radius 1 is 1.33 bits per heavy atom. The van der Waals surface area contributed by atoms with Gasteiger partial charge in [0.05, 0.1) is 19.3 Å². The van der Waals surface area contributed by atoms with E-state index in [1.54, 1.807) is 4.90 Å². The molecule has 6 nitrogen and oxygen atoms in total. The van der Waals surface area contributed by atoms with Crippen LogP contribution in [0.5, 0.6) is 0 Å². The van der Waals surface area contributed by atoms with Crippen molar-refractivity contribution >= 4 is 11.9 Å². The highest BCUT2D eigenvalue weighted by molar-refractivity contribution is 5.82. The number of carbonyl (C=O) groups excluding carboxylic acids is 1. The number of aliphatic carboxylic acids is 1. The number of morpholine rings is 1. The van der Waals surface area contributed by atoms with Gasteiger partial charge >= 0.3 is 5.97 Å². The Kier molecular flexibility index (Phi) is 5.99. The molecule has 1 N–H and O–H groups in total. The fourth-order valence-electron chi connectivity index (χ4n) is 2.97. The van der Waals surface area contributed by atoms with Gasteiger partial charge in [0.2, 0.25) is 0 Å². The zero-order chi connectivity index (χ0) is 15.2. The van der Waals surface area contributed by atoms with Crippen LogP contribution in [0, 0.1) is 0 Å². The fourth-order valence-corrected chi connectivity index (χ4v) is 2.97. The molecule has 1 aliphatic carbocycles. The third kappa shape index (κ3) is 4.41. The maximum atomic E-state index is 12.5. The summed E-state index contributed by atoms with van der Waals surface area (Å²) in [6.07, 6.45) is 5.01. The van der Waals surface area contributed by atoms with Crippen molar-refractivity contribution in [1.82, 2.24) is 4.90 Å². The maximum Gasteiger partial charge on any atom is 0.334 e. The van der Waals surface area contributed by atoms with Crippen molar-refractivity contribution in [1.29, 1.82) is 0 Å². The summed E-state index contributed by atoms with van der Waals surface area (Å²) in [6, 6.07) is 0. The molecule has 6 heteroatoms. The van der Waals surface area contributed by atoms with Gasteiger partial charge in [0.15, 0.2) is 6.10 Å². The van der Waals surface area contributed by atoms with E-state index in [0.29, 0.717) is 13.0 Å². The molecule has 0 aromatic rings. The maximum absolute atomic E-state index is 12.5. The van der Waals surface area contributed by atoms with E-state index in [9.17, 15) is 9.59 Å². The van der Waals surface area contributed by atoms with E-state index in [-0.39, 0.29) is 25.2 Å². The number of ether oxygens (including phenoxy) is 2. The van der Waals surface area contributed by atoms with Crippen molar-refractivity contribution in [2.24, 2.45) is 0 Å². The van der Waals surface area contributed by atoms with Gasteiger partial charge in [0.25, 0.3) is 5.91 Å². The number of hydrogen-bond acceptors (Lipinski definition) is 4. The van der Waals surface area contributed by atoms with E-state index in [2.05, 4.69) is 0 Å². The number of amides is 1. The molecule has 2 aliphatic rings. The lowest BCUT2D eigenvalue weighted by Crippen LogP contribution is -2.52. The molecule has 2 unspecified atom stereocenters. The molecule has 21 heavy (non-hydrogen) atoms. The van der Waals surface area contributed by atoms with Gasteiger partial charge in [-0.25, -0.2) is 4.79 Å². The van der Waals surface area contributed by atoms with Gasteiger partial charge in [-0.1, -0.05) is 26.2 Å².